The number of amides is 2. The number of hydrogen-bond acceptors (Lipinski definition) is 4. The van der Waals surface area contributed by atoms with E-state index in [1.165, 1.54) is 18.2 Å². The molecule has 6 nitrogen and oxygen atoms in total. The molecule has 0 bridgehead atoms. The second kappa shape index (κ2) is 9.94. The SMILES string of the molecule is O=C(Cc1ccccn1)N1CCN(C(=O)c2cccc(Oc3cccc(C(F)(F)F)c3)c2)CC1. The van der Waals surface area contributed by atoms with Gasteiger partial charge in [-0.25, -0.2) is 0 Å². The molecule has 3 aromatic rings. The van der Waals surface area contributed by atoms with Crippen molar-refractivity contribution < 1.29 is 27.5 Å². The second-order valence-corrected chi connectivity index (χ2v) is 7.83. The maximum absolute atomic E-state index is 13.0. The molecule has 0 atom stereocenters. The number of alkyl halides is 3. The third kappa shape index (κ3) is 5.72. The van der Waals surface area contributed by atoms with Crippen LogP contribution in [0.5, 0.6) is 11.5 Å². The number of hydrogen-bond donors (Lipinski definition) is 0. The third-order valence-corrected chi connectivity index (χ3v) is 5.46. The summed E-state index contributed by atoms with van der Waals surface area (Å²) in [5, 5.41) is 0. The minimum Gasteiger partial charge on any atom is -0.457 e. The summed E-state index contributed by atoms with van der Waals surface area (Å²) in [5.74, 6) is 0.0161. The predicted molar refractivity (Wildman–Crippen MR) is 118 cm³/mol. The van der Waals surface area contributed by atoms with Crippen molar-refractivity contribution in [1.29, 1.82) is 0 Å². The molecule has 2 heterocycles. The molecule has 1 fully saturated rings. The van der Waals surface area contributed by atoms with Crippen LogP contribution in [0, 0.1) is 0 Å². The van der Waals surface area contributed by atoms with Crippen LogP contribution in [-0.2, 0) is 17.4 Å². The zero-order chi connectivity index (χ0) is 24.1. The lowest BCUT2D eigenvalue weighted by atomic mass is 10.1. The molecule has 2 aromatic carbocycles. The van der Waals surface area contributed by atoms with Crippen LogP contribution in [0.15, 0.2) is 72.9 Å². The van der Waals surface area contributed by atoms with Crippen LogP contribution < -0.4 is 4.74 Å². The summed E-state index contributed by atoms with van der Waals surface area (Å²) in [6.07, 6.45) is -2.62. The molecule has 1 aromatic heterocycles. The van der Waals surface area contributed by atoms with Gasteiger partial charge in [-0.2, -0.15) is 13.2 Å². The molecule has 2 amide bonds. The normalized spacial score (nSPS) is 14.1. The highest BCUT2D eigenvalue weighted by molar-refractivity contribution is 5.94. The van der Waals surface area contributed by atoms with Crippen LogP contribution >= 0.6 is 0 Å². The monoisotopic (exact) mass is 469 g/mol. The Morgan fingerprint density at radius 2 is 1.53 bits per heavy atom. The van der Waals surface area contributed by atoms with Crippen molar-refractivity contribution in [1.82, 2.24) is 14.8 Å². The lowest BCUT2D eigenvalue weighted by molar-refractivity contribution is -0.137. The fourth-order valence-corrected chi connectivity index (χ4v) is 3.68. The first kappa shape index (κ1) is 23.3. The molecule has 1 saturated heterocycles. The molecule has 0 spiro atoms. The van der Waals surface area contributed by atoms with Crippen LogP contribution in [0.4, 0.5) is 13.2 Å². The minimum atomic E-state index is -4.47. The van der Waals surface area contributed by atoms with E-state index in [2.05, 4.69) is 4.98 Å². The summed E-state index contributed by atoms with van der Waals surface area (Å²) in [6.45, 7) is 1.59. The largest absolute Gasteiger partial charge is 0.457 e. The number of pyridine rings is 1. The number of piperazine rings is 1. The number of rotatable bonds is 5. The highest BCUT2D eigenvalue weighted by atomic mass is 19.4. The van der Waals surface area contributed by atoms with E-state index in [1.807, 2.05) is 6.07 Å². The van der Waals surface area contributed by atoms with Crippen LogP contribution in [0.1, 0.15) is 21.6 Å². The first-order chi connectivity index (χ1) is 16.3. The standard InChI is InChI=1S/C25H22F3N3O3/c26-25(27,28)19-6-4-9-22(16-19)34-21-8-3-5-18(15-21)24(33)31-13-11-30(12-14-31)23(32)17-20-7-1-2-10-29-20/h1-10,15-16H,11-14,17H2. The Kier molecular flexibility index (Phi) is 6.81. The maximum Gasteiger partial charge on any atom is 0.416 e. The molecule has 0 aliphatic carbocycles. The van der Waals surface area contributed by atoms with Crippen LogP contribution in [0.25, 0.3) is 0 Å². The van der Waals surface area contributed by atoms with Gasteiger partial charge >= 0.3 is 6.18 Å². The highest BCUT2D eigenvalue weighted by Gasteiger charge is 2.30. The Morgan fingerprint density at radius 3 is 2.21 bits per heavy atom. The number of nitrogens with zero attached hydrogens (tertiary/aromatic N) is 3. The van der Waals surface area contributed by atoms with E-state index < -0.39 is 11.7 Å². The van der Waals surface area contributed by atoms with Crippen molar-refractivity contribution in [2.24, 2.45) is 0 Å². The van der Waals surface area contributed by atoms with E-state index in [4.69, 9.17) is 4.74 Å². The van der Waals surface area contributed by atoms with Crippen LogP contribution in [0.2, 0.25) is 0 Å². The third-order valence-electron chi connectivity index (χ3n) is 5.46. The molecule has 0 N–H and O–H groups in total. The molecule has 0 radical (unpaired) electrons. The van der Waals surface area contributed by atoms with Crippen molar-refractivity contribution in [2.45, 2.75) is 12.6 Å². The molecule has 4 rings (SSSR count). The summed E-state index contributed by atoms with van der Waals surface area (Å²) in [7, 11) is 0. The Labute approximate surface area is 194 Å². The Bertz CT molecular complexity index is 1160. The maximum atomic E-state index is 13.0. The molecule has 176 valence electrons. The van der Waals surface area contributed by atoms with Gasteiger partial charge in [-0.3, -0.25) is 14.6 Å². The zero-order valence-corrected chi connectivity index (χ0v) is 18.2. The topological polar surface area (TPSA) is 62.7 Å². The van der Waals surface area contributed by atoms with E-state index in [-0.39, 0.29) is 29.7 Å². The van der Waals surface area contributed by atoms with Gasteiger partial charge in [0, 0.05) is 43.6 Å². The summed E-state index contributed by atoms with van der Waals surface area (Å²) in [4.78, 5) is 33.0. The van der Waals surface area contributed by atoms with Gasteiger partial charge in [-0.15, -0.1) is 0 Å². The van der Waals surface area contributed by atoms with Crippen molar-refractivity contribution in [3.63, 3.8) is 0 Å². The molecule has 34 heavy (non-hydrogen) atoms. The number of halogens is 3. The van der Waals surface area contributed by atoms with Gasteiger partial charge < -0.3 is 14.5 Å². The van der Waals surface area contributed by atoms with Crippen molar-refractivity contribution in [2.75, 3.05) is 26.2 Å². The Morgan fingerprint density at radius 1 is 0.853 bits per heavy atom. The molecular weight excluding hydrogens is 447 g/mol. The fourth-order valence-electron chi connectivity index (χ4n) is 3.68. The van der Waals surface area contributed by atoms with Gasteiger partial charge in [0.25, 0.3) is 5.91 Å². The predicted octanol–water partition coefficient (Wildman–Crippen LogP) is 4.42. The first-order valence-electron chi connectivity index (χ1n) is 10.7. The smallest absolute Gasteiger partial charge is 0.416 e. The Balaban J connectivity index is 1.36. The molecule has 9 heteroatoms. The molecule has 1 aliphatic heterocycles. The highest BCUT2D eigenvalue weighted by Crippen LogP contribution is 2.32. The summed E-state index contributed by atoms with van der Waals surface area (Å²) in [6, 6.07) is 16.3. The van der Waals surface area contributed by atoms with Gasteiger partial charge in [0.05, 0.1) is 12.0 Å². The van der Waals surface area contributed by atoms with Gasteiger partial charge in [0.15, 0.2) is 0 Å². The number of benzene rings is 2. The minimum absolute atomic E-state index is 0.0273. The van der Waals surface area contributed by atoms with Crippen molar-refractivity contribution >= 4 is 11.8 Å². The molecule has 0 saturated carbocycles. The summed E-state index contributed by atoms with van der Waals surface area (Å²) in [5.41, 5.74) is 0.244. The lowest BCUT2D eigenvalue weighted by Gasteiger charge is -2.35. The van der Waals surface area contributed by atoms with Gasteiger partial charge in [-0.05, 0) is 48.5 Å². The number of ether oxygens (including phenoxy) is 1. The average Bonchev–Trinajstić information content (AvgIpc) is 2.84. The van der Waals surface area contributed by atoms with E-state index >= 15 is 0 Å². The zero-order valence-electron chi connectivity index (χ0n) is 18.2. The Hall–Kier alpha value is -3.88. The van der Waals surface area contributed by atoms with E-state index in [0.29, 0.717) is 37.4 Å². The molecule has 1 aliphatic rings. The average molecular weight is 469 g/mol. The summed E-state index contributed by atoms with van der Waals surface area (Å²) < 4.78 is 44.4. The first-order valence-corrected chi connectivity index (χ1v) is 10.7. The van der Waals surface area contributed by atoms with Gasteiger partial charge in [0.1, 0.15) is 11.5 Å². The van der Waals surface area contributed by atoms with E-state index in [0.717, 1.165) is 12.1 Å². The van der Waals surface area contributed by atoms with Gasteiger partial charge in [0.2, 0.25) is 5.91 Å². The second-order valence-electron chi connectivity index (χ2n) is 7.83. The fraction of sp³-hybridized carbons (Fsp3) is 0.240. The number of carbonyl (C=O) groups excluding carboxylic acids is 2. The molecule has 0 unspecified atom stereocenters. The van der Waals surface area contributed by atoms with Crippen molar-refractivity contribution in [3.8, 4) is 11.5 Å². The van der Waals surface area contributed by atoms with Crippen LogP contribution in [-0.4, -0.2) is 52.8 Å². The van der Waals surface area contributed by atoms with Gasteiger partial charge in [-0.1, -0.05) is 18.2 Å². The van der Waals surface area contributed by atoms with E-state index in [1.54, 1.807) is 46.3 Å². The molecular formula is C25H22F3N3O3. The number of carbonyl (C=O) groups is 2. The van der Waals surface area contributed by atoms with Crippen molar-refractivity contribution in [3.05, 3.63) is 89.7 Å². The van der Waals surface area contributed by atoms with E-state index in [9.17, 15) is 22.8 Å². The summed E-state index contributed by atoms with van der Waals surface area (Å²) >= 11 is 0. The quantitative estimate of drug-likeness (QED) is 0.555. The van der Waals surface area contributed by atoms with Crippen LogP contribution in [0.3, 0.4) is 0 Å². The number of aromatic nitrogens is 1. The lowest BCUT2D eigenvalue weighted by Crippen LogP contribution is -2.51.